The van der Waals surface area contributed by atoms with Crippen molar-refractivity contribution in [3.63, 3.8) is 0 Å². The van der Waals surface area contributed by atoms with Crippen molar-refractivity contribution >= 4 is 23.6 Å². The first-order valence-corrected chi connectivity index (χ1v) is 9.02. The molecule has 116 valence electrons. The standard InChI is InChI=1S/C15H28N2O2S/c1-12(2)14-15(19)17(10-8-13(18)16-14)9-6-4-5-7-11-20-3/h12,14H,4-11H2,1-3H3,(H,16,18). The molecule has 0 saturated carbocycles. The fourth-order valence-electron chi connectivity index (χ4n) is 2.43. The van der Waals surface area contributed by atoms with Gasteiger partial charge in [-0.05, 0) is 30.8 Å². The second kappa shape index (κ2) is 9.27. The summed E-state index contributed by atoms with van der Waals surface area (Å²) in [4.78, 5) is 25.9. The van der Waals surface area contributed by atoms with E-state index in [4.69, 9.17) is 0 Å². The number of nitrogens with zero attached hydrogens (tertiary/aromatic N) is 1. The maximum absolute atomic E-state index is 12.4. The normalized spacial score (nSPS) is 20.2. The highest BCUT2D eigenvalue weighted by Gasteiger charge is 2.31. The van der Waals surface area contributed by atoms with Gasteiger partial charge in [0.05, 0.1) is 0 Å². The Morgan fingerprint density at radius 3 is 2.60 bits per heavy atom. The van der Waals surface area contributed by atoms with Crippen LogP contribution in [0.25, 0.3) is 0 Å². The van der Waals surface area contributed by atoms with Crippen molar-refractivity contribution in [2.24, 2.45) is 5.92 Å². The Balaban J connectivity index is 2.39. The van der Waals surface area contributed by atoms with Gasteiger partial charge in [-0.15, -0.1) is 0 Å². The molecule has 0 aromatic carbocycles. The molecule has 0 aromatic rings. The Labute approximate surface area is 127 Å². The summed E-state index contributed by atoms with van der Waals surface area (Å²) in [7, 11) is 0. The van der Waals surface area contributed by atoms with Gasteiger partial charge < -0.3 is 10.2 Å². The third kappa shape index (κ3) is 5.73. The minimum atomic E-state index is -0.346. The number of amides is 2. The van der Waals surface area contributed by atoms with Gasteiger partial charge in [-0.1, -0.05) is 26.7 Å². The monoisotopic (exact) mass is 300 g/mol. The molecule has 0 aliphatic carbocycles. The number of unbranched alkanes of at least 4 members (excludes halogenated alkanes) is 3. The predicted octanol–water partition coefficient (Wildman–Crippen LogP) is 2.28. The van der Waals surface area contributed by atoms with E-state index in [9.17, 15) is 9.59 Å². The van der Waals surface area contributed by atoms with Crippen LogP contribution in [-0.2, 0) is 9.59 Å². The van der Waals surface area contributed by atoms with Crippen molar-refractivity contribution in [1.82, 2.24) is 10.2 Å². The quantitative estimate of drug-likeness (QED) is 0.700. The van der Waals surface area contributed by atoms with E-state index in [2.05, 4.69) is 11.6 Å². The van der Waals surface area contributed by atoms with E-state index in [0.29, 0.717) is 13.0 Å². The van der Waals surface area contributed by atoms with Crippen molar-refractivity contribution in [1.29, 1.82) is 0 Å². The molecule has 5 heteroatoms. The fourth-order valence-corrected chi connectivity index (χ4v) is 2.92. The lowest BCUT2D eigenvalue weighted by Gasteiger charge is -2.26. The average Bonchev–Trinajstić information content (AvgIpc) is 2.55. The topological polar surface area (TPSA) is 49.4 Å². The number of nitrogens with one attached hydrogen (secondary N) is 1. The van der Waals surface area contributed by atoms with Crippen LogP contribution in [-0.4, -0.2) is 47.9 Å². The third-order valence-electron chi connectivity index (χ3n) is 3.70. The molecule has 1 aliphatic heterocycles. The van der Waals surface area contributed by atoms with Gasteiger partial charge in [0.25, 0.3) is 0 Å². The first-order chi connectivity index (χ1) is 9.56. The van der Waals surface area contributed by atoms with Gasteiger partial charge in [0.15, 0.2) is 0 Å². The maximum Gasteiger partial charge on any atom is 0.245 e. The summed E-state index contributed by atoms with van der Waals surface area (Å²) in [5, 5.41) is 2.84. The van der Waals surface area contributed by atoms with E-state index in [1.165, 1.54) is 18.6 Å². The summed E-state index contributed by atoms with van der Waals surface area (Å²) < 4.78 is 0. The van der Waals surface area contributed by atoms with Crippen molar-refractivity contribution < 1.29 is 9.59 Å². The van der Waals surface area contributed by atoms with Crippen molar-refractivity contribution in [3.05, 3.63) is 0 Å². The lowest BCUT2D eigenvalue weighted by Crippen LogP contribution is -2.47. The summed E-state index contributed by atoms with van der Waals surface area (Å²) in [6.07, 6.45) is 7.25. The molecule has 0 radical (unpaired) electrons. The molecule has 1 rings (SSSR count). The van der Waals surface area contributed by atoms with Gasteiger partial charge in [0, 0.05) is 19.5 Å². The van der Waals surface area contributed by atoms with Gasteiger partial charge in [0.1, 0.15) is 6.04 Å². The Morgan fingerprint density at radius 1 is 1.25 bits per heavy atom. The highest BCUT2D eigenvalue weighted by molar-refractivity contribution is 7.98. The lowest BCUT2D eigenvalue weighted by molar-refractivity contribution is -0.134. The Morgan fingerprint density at radius 2 is 1.95 bits per heavy atom. The summed E-state index contributed by atoms with van der Waals surface area (Å²) in [6.45, 7) is 5.32. The lowest BCUT2D eigenvalue weighted by atomic mass is 10.0. The zero-order valence-electron chi connectivity index (χ0n) is 13.0. The van der Waals surface area contributed by atoms with Gasteiger partial charge in [0.2, 0.25) is 11.8 Å². The van der Waals surface area contributed by atoms with Crippen LogP contribution in [0.2, 0.25) is 0 Å². The van der Waals surface area contributed by atoms with Crippen LogP contribution in [0.3, 0.4) is 0 Å². The minimum absolute atomic E-state index is 0.000444. The van der Waals surface area contributed by atoms with E-state index < -0.39 is 0 Å². The molecular formula is C15H28N2O2S. The van der Waals surface area contributed by atoms with Crippen LogP contribution in [0.1, 0.15) is 46.0 Å². The van der Waals surface area contributed by atoms with Crippen molar-refractivity contribution in [2.45, 2.75) is 52.0 Å². The van der Waals surface area contributed by atoms with Gasteiger partial charge in [-0.3, -0.25) is 9.59 Å². The highest BCUT2D eigenvalue weighted by atomic mass is 32.2. The summed E-state index contributed by atoms with van der Waals surface area (Å²) in [6, 6.07) is -0.346. The molecule has 0 bridgehead atoms. The van der Waals surface area contributed by atoms with E-state index in [1.54, 1.807) is 0 Å². The Bertz CT molecular complexity index is 321. The first-order valence-electron chi connectivity index (χ1n) is 7.63. The summed E-state index contributed by atoms with van der Waals surface area (Å²) in [5.74, 6) is 1.46. The molecule has 1 saturated heterocycles. The largest absolute Gasteiger partial charge is 0.344 e. The van der Waals surface area contributed by atoms with Crippen LogP contribution >= 0.6 is 11.8 Å². The summed E-state index contributed by atoms with van der Waals surface area (Å²) >= 11 is 1.88. The number of hydrogen-bond donors (Lipinski definition) is 1. The molecule has 2 amide bonds. The van der Waals surface area contributed by atoms with Gasteiger partial charge in [-0.25, -0.2) is 0 Å². The van der Waals surface area contributed by atoms with E-state index in [0.717, 1.165) is 19.4 Å². The van der Waals surface area contributed by atoms with Crippen LogP contribution in [0, 0.1) is 5.92 Å². The van der Waals surface area contributed by atoms with Crippen molar-refractivity contribution in [3.8, 4) is 0 Å². The molecule has 0 aromatic heterocycles. The van der Waals surface area contributed by atoms with Gasteiger partial charge >= 0.3 is 0 Å². The number of thioether (sulfide) groups is 1. The number of carbonyl (C=O) groups excluding carboxylic acids is 2. The first kappa shape index (κ1) is 17.3. The zero-order valence-corrected chi connectivity index (χ0v) is 13.8. The smallest absolute Gasteiger partial charge is 0.245 e. The Hall–Kier alpha value is -0.710. The van der Waals surface area contributed by atoms with Crippen LogP contribution in [0.5, 0.6) is 0 Å². The van der Waals surface area contributed by atoms with E-state index >= 15 is 0 Å². The molecule has 1 fully saturated rings. The van der Waals surface area contributed by atoms with Crippen molar-refractivity contribution in [2.75, 3.05) is 25.1 Å². The maximum atomic E-state index is 12.4. The predicted molar refractivity (Wildman–Crippen MR) is 84.8 cm³/mol. The second-order valence-electron chi connectivity index (χ2n) is 5.77. The Kier molecular flexibility index (Phi) is 8.04. The number of rotatable bonds is 8. The van der Waals surface area contributed by atoms with Gasteiger partial charge in [-0.2, -0.15) is 11.8 Å². The van der Waals surface area contributed by atoms with E-state index in [1.807, 2.05) is 30.5 Å². The third-order valence-corrected chi connectivity index (χ3v) is 4.39. The van der Waals surface area contributed by atoms with E-state index in [-0.39, 0.29) is 23.8 Å². The average molecular weight is 300 g/mol. The minimum Gasteiger partial charge on any atom is -0.344 e. The zero-order chi connectivity index (χ0) is 15.0. The second-order valence-corrected chi connectivity index (χ2v) is 6.76. The molecule has 1 unspecified atom stereocenters. The highest BCUT2D eigenvalue weighted by Crippen LogP contribution is 2.13. The summed E-state index contributed by atoms with van der Waals surface area (Å²) in [5.41, 5.74) is 0. The number of carbonyl (C=O) groups is 2. The molecule has 1 N–H and O–H groups in total. The molecular weight excluding hydrogens is 272 g/mol. The SMILES string of the molecule is CSCCCCCCN1CCC(=O)NC(C(C)C)C1=O. The fraction of sp³-hybridized carbons (Fsp3) is 0.867. The molecule has 1 atom stereocenters. The van der Waals surface area contributed by atoms with Crippen LogP contribution < -0.4 is 5.32 Å². The molecule has 20 heavy (non-hydrogen) atoms. The molecule has 1 aliphatic rings. The number of hydrogen-bond acceptors (Lipinski definition) is 3. The van der Waals surface area contributed by atoms with Crippen LogP contribution in [0.4, 0.5) is 0 Å². The molecule has 0 spiro atoms. The van der Waals surface area contributed by atoms with Crippen LogP contribution in [0.15, 0.2) is 0 Å². The molecule has 4 nitrogen and oxygen atoms in total. The molecule has 1 heterocycles.